The molecule has 2 unspecified atom stereocenters. The van der Waals surface area contributed by atoms with Crippen molar-refractivity contribution in [2.24, 2.45) is 11.8 Å². The van der Waals surface area contributed by atoms with Crippen molar-refractivity contribution in [3.05, 3.63) is 29.0 Å². The van der Waals surface area contributed by atoms with Crippen molar-refractivity contribution < 1.29 is 0 Å². The highest BCUT2D eigenvalue weighted by Crippen LogP contribution is 2.37. The highest BCUT2D eigenvalue weighted by Gasteiger charge is 2.26. The van der Waals surface area contributed by atoms with Crippen molar-refractivity contribution in [2.45, 2.75) is 39.2 Å². The topological polar surface area (TPSA) is 20.7 Å². The van der Waals surface area contributed by atoms with E-state index in [-0.39, 0.29) is 0 Å². The van der Waals surface area contributed by atoms with Crippen LogP contribution in [0.5, 0.6) is 0 Å². The molecule has 3 heteroatoms. The molecule has 1 aliphatic carbocycles. The van der Waals surface area contributed by atoms with Crippen LogP contribution in [0, 0.1) is 16.6 Å². The summed E-state index contributed by atoms with van der Waals surface area (Å²) in [5.74, 6) is 1.60. The Morgan fingerprint density at radius 1 is 1.11 bits per heavy atom. The Hall–Kier alpha value is -1.09. The Morgan fingerprint density at radius 3 is 2.50 bits per heavy atom. The smallest absolute Gasteiger partial charge is 0.178 e. The number of H-pyrrole nitrogens is 1. The predicted molar refractivity (Wildman–Crippen MR) is 78.3 cm³/mol. The monoisotopic (exact) mass is 260 g/mol. The van der Waals surface area contributed by atoms with Crippen molar-refractivity contribution >= 4 is 23.3 Å². The largest absolute Gasteiger partial charge is 0.331 e. The fourth-order valence-electron chi connectivity index (χ4n) is 3.55. The molecular weight excluding hydrogens is 240 g/mol. The van der Waals surface area contributed by atoms with E-state index in [1.807, 2.05) is 0 Å². The van der Waals surface area contributed by atoms with Gasteiger partial charge >= 0.3 is 0 Å². The summed E-state index contributed by atoms with van der Waals surface area (Å²) in [6.45, 7) is 4.72. The maximum absolute atomic E-state index is 5.52. The molecule has 1 aromatic carbocycles. The minimum Gasteiger partial charge on any atom is -0.331 e. The minimum atomic E-state index is 0.562. The highest BCUT2D eigenvalue weighted by atomic mass is 32.1. The third-order valence-electron chi connectivity index (χ3n) is 4.14. The zero-order valence-electron chi connectivity index (χ0n) is 11.0. The fraction of sp³-hybridized carbons (Fsp3) is 0.533. The van der Waals surface area contributed by atoms with Crippen LogP contribution in [0.25, 0.3) is 11.0 Å². The van der Waals surface area contributed by atoms with E-state index < -0.39 is 0 Å². The molecule has 0 bridgehead atoms. The van der Waals surface area contributed by atoms with Gasteiger partial charge in [-0.3, -0.25) is 0 Å². The van der Waals surface area contributed by atoms with E-state index in [1.165, 1.54) is 24.8 Å². The van der Waals surface area contributed by atoms with Crippen molar-refractivity contribution in [2.75, 3.05) is 0 Å². The maximum Gasteiger partial charge on any atom is 0.178 e. The number of rotatable bonds is 1. The Labute approximate surface area is 113 Å². The van der Waals surface area contributed by atoms with Crippen LogP contribution in [-0.4, -0.2) is 9.55 Å². The van der Waals surface area contributed by atoms with Gasteiger partial charge in [0.15, 0.2) is 4.77 Å². The van der Waals surface area contributed by atoms with Crippen LogP contribution in [0.15, 0.2) is 24.3 Å². The first-order valence-corrected chi connectivity index (χ1v) is 7.25. The molecule has 1 fully saturated rings. The average molecular weight is 260 g/mol. The maximum atomic E-state index is 5.52. The third kappa shape index (κ3) is 2.01. The summed E-state index contributed by atoms with van der Waals surface area (Å²) >= 11 is 5.52. The van der Waals surface area contributed by atoms with E-state index in [2.05, 4.69) is 47.7 Å². The first-order chi connectivity index (χ1) is 8.65. The van der Waals surface area contributed by atoms with Gasteiger partial charge in [-0.1, -0.05) is 26.0 Å². The van der Waals surface area contributed by atoms with Crippen LogP contribution in [0.2, 0.25) is 0 Å². The summed E-state index contributed by atoms with van der Waals surface area (Å²) in [4.78, 5) is 3.33. The van der Waals surface area contributed by atoms with Gasteiger partial charge in [0.1, 0.15) is 0 Å². The van der Waals surface area contributed by atoms with Gasteiger partial charge in [-0.2, -0.15) is 0 Å². The molecule has 1 aromatic heterocycles. The lowest BCUT2D eigenvalue weighted by atomic mass is 9.80. The third-order valence-corrected chi connectivity index (χ3v) is 4.44. The second-order valence-corrected chi connectivity index (χ2v) is 6.28. The summed E-state index contributed by atoms with van der Waals surface area (Å²) in [5.41, 5.74) is 2.42. The summed E-state index contributed by atoms with van der Waals surface area (Å²) < 4.78 is 3.22. The summed E-state index contributed by atoms with van der Waals surface area (Å²) in [5, 5.41) is 0. The van der Waals surface area contributed by atoms with Crippen LogP contribution < -0.4 is 0 Å². The summed E-state index contributed by atoms with van der Waals surface area (Å²) in [7, 11) is 0. The van der Waals surface area contributed by atoms with Gasteiger partial charge in [0.05, 0.1) is 11.0 Å². The van der Waals surface area contributed by atoms with Crippen LogP contribution in [-0.2, 0) is 0 Å². The molecule has 0 spiro atoms. The number of hydrogen-bond acceptors (Lipinski definition) is 1. The minimum absolute atomic E-state index is 0.562. The van der Waals surface area contributed by atoms with E-state index in [9.17, 15) is 0 Å². The average Bonchev–Trinajstić information content (AvgIpc) is 2.63. The number of nitrogens with one attached hydrogen (secondary N) is 1. The zero-order valence-corrected chi connectivity index (χ0v) is 11.8. The van der Waals surface area contributed by atoms with Crippen molar-refractivity contribution in [3.8, 4) is 0 Å². The quantitative estimate of drug-likeness (QED) is 0.737. The number of hydrogen-bond donors (Lipinski definition) is 1. The number of nitrogens with zero attached hydrogens (tertiary/aromatic N) is 1. The molecule has 0 saturated heterocycles. The first kappa shape index (κ1) is 12.0. The van der Waals surface area contributed by atoms with Crippen LogP contribution in [0.1, 0.15) is 39.2 Å². The SMILES string of the molecule is CC1CC(C)CC(n2c(=S)[nH]c3ccccc32)C1. The number of benzene rings is 1. The Morgan fingerprint density at radius 2 is 1.78 bits per heavy atom. The molecule has 2 nitrogen and oxygen atoms in total. The lowest BCUT2D eigenvalue weighted by molar-refractivity contribution is 0.223. The molecule has 2 atom stereocenters. The zero-order chi connectivity index (χ0) is 12.7. The Bertz CT molecular complexity index is 600. The van der Waals surface area contributed by atoms with Gasteiger partial charge in [0, 0.05) is 6.04 Å². The number of imidazole rings is 1. The lowest BCUT2D eigenvalue weighted by Crippen LogP contribution is -2.22. The molecule has 0 radical (unpaired) electrons. The van der Waals surface area contributed by atoms with Crippen molar-refractivity contribution in [3.63, 3.8) is 0 Å². The van der Waals surface area contributed by atoms with E-state index in [0.29, 0.717) is 6.04 Å². The number of fused-ring (bicyclic) bond motifs is 1. The van der Waals surface area contributed by atoms with Gasteiger partial charge in [-0.05, 0) is 55.4 Å². The van der Waals surface area contributed by atoms with E-state index in [0.717, 1.165) is 22.1 Å². The molecule has 2 aromatic rings. The second kappa shape index (κ2) is 4.54. The highest BCUT2D eigenvalue weighted by molar-refractivity contribution is 7.71. The molecule has 96 valence electrons. The fourth-order valence-corrected chi connectivity index (χ4v) is 3.91. The van der Waals surface area contributed by atoms with Crippen molar-refractivity contribution in [1.82, 2.24) is 9.55 Å². The van der Waals surface area contributed by atoms with E-state index in [1.54, 1.807) is 0 Å². The summed E-state index contributed by atoms with van der Waals surface area (Å²) in [6.07, 6.45) is 3.85. The van der Waals surface area contributed by atoms with Gasteiger partial charge in [0.2, 0.25) is 0 Å². The molecule has 0 amide bonds. The van der Waals surface area contributed by atoms with Crippen LogP contribution in [0.4, 0.5) is 0 Å². The van der Waals surface area contributed by atoms with E-state index in [4.69, 9.17) is 12.2 Å². The summed E-state index contributed by atoms with van der Waals surface area (Å²) in [6, 6.07) is 9.00. The molecule has 3 rings (SSSR count). The van der Waals surface area contributed by atoms with Gasteiger partial charge in [-0.25, -0.2) is 0 Å². The number of para-hydroxylation sites is 2. The molecule has 18 heavy (non-hydrogen) atoms. The normalized spacial score (nSPS) is 28.7. The Balaban J connectivity index is 2.08. The predicted octanol–water partition coefficient (Wildman–Crippen LogP) is 4.70. The molecule has 1 heterocycles. The van der Waals surface area contributed by atoms with Gasteiger partial charge < -0.3 is 9.55 Å². The number of aromatic amines is 1. The molecule has 1 aliphatic rings. The Kier molecular flexibility index (Phi) is 3.02. The van der Waals surface area contributed by atoms with Gasteiger partial charge in [0.25, 0.3) is 0 Å². The van der Waals surface area contributed by atoms with Crippen LogP contribution >= 0.6 is 12.2 Å². The van der Waals surface area contributed by atoms with E-state index >= 15 is 0 Å². The molecular formula is C15H20N2S. The van der Waals surface area contributed by atoms with Crippen LogP contribution in [0.3, 0.4) is 0 Å². The van der Waals surface area contributed by atoms with Crippen molar-refractivity contribution in [1.29, 1.82) is 0 Å². The lowest BCUT2D eigenvalue weighted by Gasteiger charge is -2.32. The molecule has 1 saturated carbocycles. The molecule has 1 N–H and O–H groups in total. The molecule has 0 aliphatic heterocycles. The first-order valence-electron chi connectivity index (χ1n) is 6.84. The standard InChI is InChI=1S/C15H20N2S/c1-10-7-11(2)9-12(8-10)17-14-6-4-3-5-13(14)16-15(17)18/h3-6,10-12H,7-9H2,1-2H3,(H,16,18). The second-order valence-electron chi connectivity index (χ2n) is 5.89. The number of aromatic nitrogens is 2. The van der Waals surface area contributed by atoms with Gasteiger partial charge in [-0.15, -0.1) is 0 Å².